The second kappa shape index (κ2) is 31.3. The average Bonchev–Trinajstić information content (AvgIpc) is 3.84. The minimum Gasteiger partial charge on any atom is -0.494 e. The molecule has 5 aromatic rings. The Morgan fingerprint density at radius 1 is 0.609 bits per heavy atom. The monoisotopic (exact) mass is 1130 g/mol. The quantitative estimate of drug-likeness (QED) is 0.0207. The first-order valence-corrected chi connectivity index (χ1v) is 26.5. The van der Waals surface area contributed by atoms with Crippen LogP contribution in [0.3, 0.4) is 0 Å². The van der Waals surface area contributed by atoms with Crippen molar-refractivity contribution in [2.24, 2.45) is 0 Å². The molecule has 0 amide bonds. The largest absolute Gasteiger partial charge is 4.00 e. The first-order valence-electron chi connectivity index (χ1n) is 25.6. The van der Waals surface area contributed by atoms with Crippen LogP contribution in [0.2, 0.25) is 0 Å². The van der Waals surface area contributed by atoms with Crippen LogP contribution in [0.15, 0.2) is 122 Å². The number of hydrogen-bond donors (Lipinski definition) is 0. The van der Waals surface area contributed by atoms with Gasteiger partial charge < -0.3 is 19.3 Å². The minimum atomic E-state index is -0.387. The number of unbranched alkanes of at least 4 members (excludes halogenated alkanes) is 6. The first-order chi connectivity index (χ1) is 32.9. The van der Waals surface area contributed by atoms with Gasteiger partial charge in [-0.05, 0) is 132 Å². The molecule has 69 heavy (non-hydrogen) atoms. The molecule has 0 N–H and O–H groups in total. The molecule has 0 radical (unpaired) electrons. The first kappa shape index (κ1) is 59.2. The molecule has 0 aliphatic carbocycles. The van der Waals surface area contributed by atoms with Crippen LogP contribution in [0, 0.1) is 19.1 Å². The van der Waals surface area contributed by atoms with Crippen LogP contribution in [0.25, 0.3) is 32.0 Å². The Morgan fingerprint density at radius 3 is 1.54 bits per heavy atom. The number of aryl methyl sites for hydroxylation is 1. The van der Waals surface area contributed by atoms with Crippen LogP contribution < -0.4 is 4.74 Å². The van der Waals surface area contributed by atoms with E-state index in [1.165, 1.54) is 87.2 Å². The van der Waals surface area contributed by atoms with E-state index in [1.807, 2.05) is 11.3 Å². The van der Waals surface area contributed by atoms with Crippen molar-refractivity contribution in [1.82, 2.24) is 9.80 Å². The normalized spacial score (nSPS) is 11.5. The van der Waals surface area contributed by atoms with Gasteiger partial charge in [0.05, 0.1) is 6.61 Å². The molecule has 0 unspecified atom stereocenters. The summed E-state index contributed by atoms with van der Waals surface area (Å²) in [6, 6.07) is 42.1. The Morgan fingerprint density at radius 2 is 1.06 bits per heavy atom. The molecule has 0 spiro atoms. The van der Waals surface area contributed by atoms with E-state index in [2.05, 4.69) is 195 Å². The average molecular weight is 1130 g/mol. The summed E-state index contributed by atoms with van der Waals surface area (Å²) in [7, 11) is 8.81. The number of nitrogens with zero attached hydrogens (tertiary/aromatic N) is 2. The summed E-state index contributed by atoms with van der Waals surface area (Å²) in [4.78, 5) is 19.1. The molecule has 4 aromatic carbocycles. The summed E-state index contributed by atoms with van der Waals surface area (Å²) in [6.45, 7) is 19.3. The van der Waals surface area contributed by atoms with E-state index in [-0.39, 0.29) is 44.2 Å². The summed E-state index contributed by atoms with van der Waals surface area (Å²) in [5.74, 6) is 0.742. The minimum absolute atomic E-state index is 0. The molecular formula is C62H84N2O3PtS+2. The van der Waals surface area contributed by atoms with E-state index in [1.54, 1.807) is 12.2 Å². The molecule has 374 valence electrons. The number of carbonyl (C=O) groups is 1. The number of ether oxygens (including phenoxy) is 2. The Bertz CT molecular complexity index is 2210. The van der Waals surface area contributed by atoms with Gasteiger partial charge >= 0.3 is 27.0 Å². The van der Waals surface area contributed by atoms with E-state index in [4.69, 9.17) is 9.47 Å². The number of carbonyl (C=O) groups excluding carboxylic acids is 1. The molecule has 1 heterocycles. The van der Waals surface area contributed by atoms with Crippen molar-refractivity contribution in [1.29, 1.82) is 0 Å². The fraction of sp³-hybridized carbons (Fsp3) is 0.468. The van der Waals surface area contributed by atoms with Crippen LogP contribution in [0.1, 0.15) is 147 Å². The van der Waals surface area contributed by atoms with Crippen molar-refractivity contribution in [3.8, 4) is 37.8 Å². The Hall–Kier alpha value is -4.06. The zero-order valence-electron chi connectivity index (χ0n) is 43.7. The predicted octanol–water partition coefficient (Wildman–Crippen LogP) is 16.8. The number of thiophene rings is 1. The third-order valence-electron chi connectivity index (χ3n) is 13.4. The fourth-order valence-electron chi connectivity index (χ4n) is 9.62. The van der Waals surface area contributed by atoms with Crippen LogP contribution >= 0.6 is 11.3 Å². The summed E-state index contributed by atoms with van der Waals surface area (Å²) < 4.78 is 11.3. The maximum Gasteiger partial charge on any atom is 4.00 e. The van der Waals surface area contributed by atoms with Crippen molar-refractivity contribution in [3.63, 3.8) is 0 Å². The van der Waals surface area contributed by atoms with Crippen molar-refractivity contribution in [3.05, 3.63) is 151 Å². The van der Waals surface area contributed by atoms with Gasteiger partial charge in [-0.15, -0.1) is 28.0 Å². The number of benzene rings is 4. The number of rotatable bonds is 29. The standard InChI is InChI=1S/C46H58NO3S.C16H26N.Pt/c1-7-32-46(33-8-2,47(5)6)40-20-18-19-39(35-40)36-22-24-37(25-23-36)43-30-31-44(51-43)38-26-28-42(29-27-38)49-34-17-15-13-11-12-14-16-21-45(48)50-41(9-3)10-4;1-6-11-16(12-7-2,17(4)5)15-10-8-9-14(3)13-15;/h9-10,18-19,22-31,35,41H,3-4,7-8,11-17,21,32-34H2,1-2,5-6H3;8-9,13H,6-7,11-12H2,1-5H3;/q2*-1;+4. The molecule has 7 heteroatoms. The number of esters is 1. The zero-order chi connectivity index (χ0) is 49.4. The molecule has 0 saturated carbocycles. The van der Waals surface area contributed by atoms with Gasteiger partial charge in [-0.25, -0.2) is 0 Å². The van der Waals surface area contributed by atoms with Gasteiger partial charge in [-0.2, -0.15) is 54.1 Å². The SMILES string of the molecule is C=CC(C=C)OC(=O)CCCCCCCCCOc1ccc(-c2ccc(-c3ccc(-c4cc[c-]c(C(CCC)(CCC)N(C)C)c4)cc3)s2)cc1.CCCC(CCC)(c1[c-]ccc(C)c1)N(C)C.[Pt+4]. The van der Waals surface area contributed by atoms with E-state index in [0.29, 0.717) is 6.42 Å². The van der Waals surface area contributed by atoms with E-state index in [9.17, 15) is 4.79 Å². The van der Waals surface area contributed by atoms with Crippen LogP contribution in [-0.4, -0.2) is 56.7 Å². The van der Waals surface area contributed by atoms with E-state index >= 15 is 0 Å². The molecule has 0 aliphatic rings. The second-order valence-corrected chi connectivity index (χ2v) is 20.0. The molecule has 5 rings (SSSR count). The Labute approximate surface area is 438 Å². The topological polar surface area (TPSA) is 42.0 Å². The van der Waals surface area contributed by atoms with Gasteiger partial charge in [0.1, 0.15) is 11.9 Å². The molecule has 5 nitrogen and oxygen atoms in total. The van der Waals surface area contributed by atoms with Crippen molar-refractivity contribution < 1.29 is 35.3 Å². The fourth-order valence-corrected chi connectivity index (χ4v) is 10.6. The molecule has 0 atom stereocenters. The van der Waals surface area contributed by atoms with Crippen LogP contribution in [0.5, 0.6) is 5.75 Å². The Balaban J connectivity index is 0.000000591. The van der Waals surface area contributed by atoms with Gasteiger partial charge in [0.2, 0.25) is 0 Å². The van der Waals surface area contributed by atoms with E-state index < -0.39 is 0 Å². The maximum atomic E-state index is 11.8. The van der Waals surface area contributed by atoms with Gasteiger partial charge in [-0.3, -0.25) is 4.79 Å². The molecule has 0 saturated heterocycles. The van der Waals surface area contributed by atoms with Gasteiger partial charge in [0, 0.05) is 27.3 Å². The molecule has 0 aliphatic heterocycles. The summed E-state index contributed by atoms with van der Waals surface area (Å²) in [5, 5.41) is 0. The summed E-state index contributed by atoms with van der Waals surface area (Å²) >= 11 is 1.82. The third kappa shape index (κ3) is 17.6. The third-order valence-corrected chi connectivity index (χ3v) is 14.6. The van der Waals surface area contributed by atoms with Crippen molar-refractivity contribution >= 4 is 17.3 Å². The Kier molecular flexibility index (Phi) is 26.9. The van der Waals surface area contributed by atoms with Crippen molar-refractivity contribution in [2.75, 3.05) is 34.8 Å². The predicted molar refractivity (Wildman–Crippen MR) is 293 cm³/mol. The smallest absolute Gasteiger partial charge is 0.494 e. The van der Waals surface area contributed by atoms with Gasteiger partial charge in [0.15, 0.2) is 0 Å². The van der Waals surface area contributed by atoms with Gasteiger partial charge in [-0.1, -0.05) is 130 Å². The van der Waals surface area contributed by atoms with E-state index in [0.717, 1.165) is 70.1 Å². The van der Waals surface area contributed by atoms with Crippen LogP contribution in [0.4, 0.5) is 0 Å². The maximum absolute atomic E-state index is 11.8. The van der Waals surface area contributed by atoms with Crippen LogP contribution in [-0.2, 0) is 41.7 Å². The summed E-state index contributed by atoms with van der Waals surface area (Å²) in [6.07, 6.45) is 20.2. The number of hydrogen-bond acceptors (Lipinski definition) is 6. The van der Waals surface area contributed by atoms with Crippen molar-refractivity contribution in [2.45, 2.75) is 155 Å². The molecule has 1 aromatic heterocycles. The molecular weight excluding hydrogens is 1050 g/mol. The summed E-state index contributed by atoms with van der Waals surface area (Å²) in [5.41, 5.74) is 9.09. The molecule has 0 bridgehead atoms. The zero-order valence-corrected chi connectivity index (χ0v) is 46.8. The second-order valence-electron chi connectivity index (χ2n) is 18.9. The molecule has 0 fully saturated rings. The van der Waals surface area contributed by atoms with Gasteiger partial charge in [0.25, 0.3) is 0 Å².